The second-order valence-electron chi connectivity index (χ2n) is 4.87. The summed E-state index contributed by atoms with van der Waals surface area (Å²) in [5, 5.41) is 4.67. The Morgan fingerprint density at radius 3 is 2.80 bits per heavy atom. The minimum Gasteiger partial charge on any atom is -0.493 e. The van der Waals surface area contributed by atoms with Crippen LogP contribution in [0, 0.1) is 6.92 Å². The maximum Gasteiger partial charge on any atom is 0.350 e. The highest BCUT2D eigenvalue weighted by Gasteiger charge is 2.15. The van der Waals surface area contributed by atoms with Crippen LogP contribution in [-0.2, 0) is 4.74 Å². The largest absolute Gasteiger partial charge is 0.493 e. The number of aryl methyl sites for hydroxylation is 1. The molecule has 8 heteroatoms. The zero-order chi connectivity index (χ0) is 18.2. The fourth-order valence-corrected chi connectivity index (χ4v) is 2.84. The predicted molar refractivity (Wildman–Crippen MR) is 98.2 cm³/mol. The summed E-state index contributed by atoms with van der Waals surface area (Å²) in [6.45, 7) is 6.34. The molecule has 0 aliphatic rings. The SMILES string of the molecule is CCOC(=O)c1sc(N/N=C\c2ccc(OCC)c(OC)c2)nc1C. The molecule has 0 bridgehead atoms. The summed E-state index contributed by atoms with van der Waals surface area (Å²) in [7, 11) is 1.59. The summed E-state index contributed by atoms with van der Waals surface area (Å²) in [4.78, 5) is 16.5. The molecule has 1 aromatic carbocycles. The Labute approximate surface area is 150 Å². The predicted octanol–water partition coefficient (Wildman–Crippen LogP) is 3.48. The van der Waals surface area contributed by atoms with Crippen LogP contribution in [-0.4, -0.2) is 37.5 Å². The number of carbonyl (C=O) groups excluding carboxylic acids is 1. The van der Waals surface area contributed by atoms with Crippen molar-refractivity contribution in [3.05, 3.63) is 34.3 Å². The number of nitrogens with zero attached hydrogens (tertiary/aromatic N) is 2. The summed E-state index contributed by atoms with van der Waals surface area (Å²) in [6, 6.07) is 5.53. The topological polar surface area (TPSA) is 82.0 Å². The smallest absolute Gasteiger partial charge is 0.350 e. The van der Waals surface area contributed by atoms with Crippen LogP contribution >= 0.6 is 11.3 Å². The fraction of sp³-hybridized carbons (Fsp3) is 0.353. The monoisotopic (exact) mass is 363 g/mol. The number of hydrogen-bond donors (Lipinski definition) is 1. The van der Waals surface area contributed by atoms with E-state index in [1.807, 2.05) is 25.1 Å². The average molecular weight is 363 g/mol. The maximum atomic E-state index is 11.8. The highest BCUT2D eigenvalue weighted by atomic mass is 32.1. The number of carbonyl (C=O) groups is 1. The first-order valence-corrected chi connectivity index (χ1v) is 8.65. The molecule has 1 aromatic heterocycles. The van der Waals surface area contributed by atoms with Crippen LogP contribution in [0.3, 0.4) is 0 Å². The van der Waals surface area contributed by atoms with E-state index in [-0.39, 0.29) is 5.97 Å². The number of methoxy groups -OCH3 is 1. The van der Waals surface area contributed by atoms with E-state index in [4.69, 9.17) is 14.2 Å². The molecule has 0 aliphatic heterocycles. The highest BCUT2D eigenvalue weighted by molar-refractivity contribution is 7.17. The highest BCUT2D eigenvalue weighted by Crippen LogP contribution is 2.27. The molecule has 0 radical (unpaired) electrons. The number of rotatable bonds is 8. The molecular weight excluding hydrogens is 342 g/mol. The van der Waals surface area contributed by atoms with Gasteiger partial charge in [-0.3, -0.25) is 5.43 Å². The van der Waals surface area contributed by atoms with Gasteiger partial charge in [0.15, 0.2) is 11.5 Å². The van der Waals surface area contributed by atoms with Gasteiger partial charge >= 0.3 is 5.97 Å². The lowest BCUT2D eigenvalue weighted by atomic mass is 10.2. The Morgan fingerprint density at radius 1 is 1.32 bits per heavy atom. The molecule has 0 spiro atoms. The van der Waals surface area contributed by atoms with Crippen molar-refractivity contribution >= 4 is 28.7 Å². The summed E-state index contributed by atoms with van der Waals surface area (Å²) < 4.78 is 15.8. The van der Waals surface area contributed by atoms with Crippen LogP contribution in [0.4, 0.5) is 5.13 Å². The first-order chi connectivity index (χ1) is 12.1. The number of esters is 1. The Kier molecular flexibility index (Phi) is 6.76. The average Bonchev–Trinajstić information content (AvgIpc) is 2.97. The number of thiazole rings is 1. The Hall–Kier alpha value is -2.61. The molecule has 0 unspecified atom stereocenters. The molecular formula is C17H21N3O4S. The number of aromatic nitrogens is 1. The van der Waals surface area contributed by atoms with E-state index in [0.29, 0.717) is 40.4 Å². The van der Waals surface area contributed by atoms with Crippen molar-refractivity contribution < 1.29 is 19.0 Å². The van der Waals surface area contributed by atoms with Crippen molar-refractivity contribution in [2.24, 2.45) is 5.10 Å². The number of ether oxygens (including phenoxy) is 3. The van der Waals surface area contributed by atoms with Gasteiger partial charge in [0, 0.05) is 0 Å². The molecule has 25 heavy (non-hydrogen) atoms. The first kappa shape index (κ1) is 18.7. The van der Waals surface area contributed by atoms with Crippen molar-refractivity contribution in [3.63, 3.8) is 0 Å². The lowest BCUT2D eigenvalue weighted by Gasteiger charge is -2.09. The molecule has 1 heterocycles. The van der Waals surface area contributed by atoms with E-state index >= 15 is 0 Å². The van der Waals surface area contributed by atoms with Crippen LogP contribution in [0.15, 0.2) is 23.3 Å². The van der Waals surface area contributed by atoms with Gasteiger partial charge in [-0.2, -0.15) is 5.10 Å². The molecule has 0 saturated carbocycles. The van der Waals surface area contributed by atoms with Crippen LogP contribution in [0.1, 0.15) is 34.8 Å². The fourth-order valence-electron chi connectivity index (χ4n) is 2.03. The molecule has 1 N–H and O–H groups in total. The normalized spacial score (nSPS) is 10.7. The molecule has 2 aromatic rings. The van der Waals surface area contributed by atoms with E-state index in [9.17, 15) is 4.79 Å². The zero-order valence-corrected chi connectivity index (χ0v) is 15.5. The van der Waals surface area contributed by atoms with Crippen LogP contribution < -0.4 is 14.9 Å². The molecule has 134 valence electrons. The van der Waals surface area contributed by atoms with E-state index in [1.54, 1.807) is 27.2 Å². The minimum atomic E-state index is -0.370. The molecule has 0 amide bonds. The second-order valence-corrected chi connectivity index (χ2v) is 5.87. The quantitative estimate of drug-likeness (QED) is 0.439. The molecule has 7 nitrogen and oxygen atoms in total. The van der Waals surface area contributed by atoms with E-state index < -0.39 is 0 Å². The summed E-state index contributed by atoms with van der Waals surface area (Å²) in [6.07, 6.45) is 1.64. The van der Waals surface area contributed by atoms with E-state index in [0.717, 1.165) is 5.56 Å². The summed E-state index contributed by atoms with van der Waals surface area (Å²) >= 11 is 1.20. The molecule has 0 saturated heterocycles. The Morgan fingerprint density at radius 2 is 2.12 bits per heavy atom. The summed E-state index contributed by atoms with van der Waals surface area (Å²) in [5.74, 6) is 0.955. The van der Waals surface area contributed by atoms with Crippen molar-refractivity contribution in [3.8, 4) is 11.5 Å². The number of hydrazone groups is 1. The lowest BCUT2D eigenvalue weighted by molar-refractivity contribution is 0.0531. The van der Waals surface area contributed by atoms with Gasteiger partial charge in [-0.05, 0) is 44.5 Å². The molecule has 0 aliphatic carbocycles. The Bertz CT molecular complexity index is 758. The molecule has 0 atom stereocenters. The number of anilines is 1. The van der Waals surface area contributed by atoms with Crippen molar-refractivity contribution in [1.29, 1.82) is 0 Å². The van der Waals surface area contributed by atoms with Crippen molar-refractivity contribution in [1.82, 2.24) is 4.98 Å². The van der Waals surface area contributed by atoms with Crippen LogP contribution in [0.25, 0.3) is 0 Å². The van der Waals surface area contributed by atoms with Crippen LogP contribution in [0.5, 0.6) is 11.5 Å². The van der Waals surface area contributed by atoms with Gasteiger partial charge in [0.2, 0.25) is 5.13 Å². The van der Waals surface area contributed by atoms with Crippen LogP contribution in [0.2, 0.25) is 0 Å². The number of benzene rings is 1. The minimum absolute atomic E-state index is 0.330. The van der Waals surface area contributed by atoms with E-state index in [1.165, 1.54) is 11.3 Å². The van der Waals surface area contributed by atoms with Crippen molar-refractivity contribution in [2.75, 3.05) is 25.7 Å². The standard InChI is InChI=1S/C17H21N3O4S/c1-5-23-13-8-7-12(9-14(13)22-4)10-18-20-17-19-11(3)15(25-17)16(21)24-6-2/h7-10H,5-6H2,1-4H3,(H,19,20)/b18-10-. The third-order valence-electron chi connectivity index (χ3n) is 3.12. The van der Waals surface area contributed by atoms with Gasteiger partial charge in [0.05, 0.1) is 32.2 Å². The molecule has 0 fully saturated rings. The van der Waals surface area contributed by atoms with Gasteiger partial charge in [-0.1, -0.05) is 11.3 Å². The van der Waals surface area contributed by atoms with Gasteiger partial charge < -0.3 is 14.2 Å². The lowest BCUT2D eigenvalue weighted by Crippen LogP contribution is -2.03. The first-order valence-electron chi connectivity index (χ1n) is 7.83. The summed E-state index contributed by atoms with van der Waals surface area (Å²) in [5.41, 5.74) is 4.28. The Balaban J connectivity index is 2.06. The van der Waals surface area contributed by atoms with Gasteiger partial charge in [0.1, 0.15) is 4.88 Å². The third-order valence-corrected chi connectivity index (χ3v) is 4.16. The van der Waals surface area contributed by atoms with Crippen molar-refractivity contribution in [2.45, 2.75) is 20.8 Å². The van der Waals surface area contributed by atoms with E-state index in [2.05, 4.69) is 15.5 Å². The number of hydrogen-bond acceptors (Lipinski definition) is 8. The zero-order valence-electron chi connectivity index (χ0n) is 14.7. The number of nitrogens with one attached hydrogen (secondary N) is 1. The van der Waals surface area contributed by atoms with Gasteiger partial charge in [-0.25, -0.2) is 9.78 Å². The van der Waals surface area contributed by atoms with Gasteiger partial charge in [0.25, 0.3) is 0 Å². The second kappa shape index (κ2) is 9.03. The van der Waals surface area contributed by atoms with Gasteiger partial charge in [-0.15, -0.1) is 0 Å². The third kappa shape index (κ3) is 4.93. The molecule has 2 rings (SSSR count). The maximum absolute atomic E-state index is 11.8.